The third-order valence-corrected chi connectivity index (χ3v) is 3.55. The number of allylic oxidation sites excluding steroid dienone is 1. The second kappa shape index (κ2) is 4.52. The molecule has 0 N–H and O–H groups in total. The van der Waals surface area contributed by atoms with Gasteiger partial charge in [0.05, 0.1) is 5.02 Å². The number of nitriles is 1. The summed E-state index contributed by atoms with van der Waals surface area (Å²) in [5.41, 5.74) is 0.464. The predicted octanol–water partition coefficient (Wildman–Crippen LogP) is 1.98. The summed E-state index contributed by atoms with van der Waals surface area (Å²) in [6, 6.07) is 4.71. The lowest BCUT2D eigenvalue weighted by atomic mass is 10.2. The molecule has 0 radical (unpaired) electrons. The van der Waals surface area contributed by atoms with Gasteiger partial charge in [0.15, 0.2) is 21.3 Å². The summed E-state index contributed by atoms with van der Waals surface area (Å²) in [5.74, 6) is 0.853. The standard InChI is InChI=1S/C11H8ClNO4S/c1-18(14,15)8(5-13)2-7-3-9(12)11-10(4-7)16-6-17-11/h2-4H,6H2,1H3. The highest BCUT2D eigenvalue weighted by molar-refractivity contribution is 7.95. The van der Waals surface area contributed by atoms with Gasteiger partial charge >= 0.3 is 0 Å². The second-order valence-corrected chi connectivity index (χ2v) is 6.02. The molecule has 0 bridgehead atoms. The van der Waals surface area contributed by atoms with Crippen LogP contribution in [0.25, 0.3) is 6.08 Å². The molecule has 1 aromatic carbocycles. The van der Waals surface area contributed by atoms with Gasteiger partial charge in [-0.15, -0.1) is 0 Å². The number of halogens is 1. The average Bonchev–Trinajstić information content (AvgIpc) is 2.72. The van der Waals surface area contributed by atoms with Crippen LogP contribution in [0, 0.1) is 11.3 Å². The molecule has 18 heavy (non-hydrogen) atoms. The highest BCUT2D eigenvalue weighted by Crippen LogP contribution is 2.40. The first-order valence-corrected chi connectivity index (χ1v) is 7.10. The van der Waals surface area contributed by atoms with Crippen molar-refractivity contribution in [3.05, 3.63) is 27.6 Å². The van der Waals surface area contributed by atoms with E-state index >= 15 is 0 Å². The van der Waals surface area contributed by atoms with Gasteiger partial charge in [-0.3, -0.25) is 0 Å². The molecule has 0 aliphatic carbocycles. The number of fused-ring (bicyclic) bond motifs is 1. The maximum absolute atomic E-state index is 11.3. The van der Waals surface area contributed by atoms with E-state index in [1.165, 1.54) is 12.1 Å². The topological polar surface area (TPSA) is 76.4 Å². The number of sulfone groups is 1. The van der Waals surface area contributed by atoms with E-state index in [9.17, 15) is 8.42 Å². The van der Waals surface area contributed by atoms with E-state index in [0.29, 0.717) is 22.1 Å². The molecule has 1 aromatic rings. The zero-order chi connectivity index (χ0) is 13.3. The first kappa shape index (κ1) is 12.7. The zero-order valence-corrected chi connectivity index (χ0v) is 10.9. The Hall–Kier alpha value is -1.71. The van der Waals surface area contributed by atoms with Crippen LogP contribution in [0.2, 0.25) is 5.02 Å². The van der Waals surface area contributed by atoms with Crippen LogP contribution >= 0.6 is 11.6 Å². The Bertz CT molecular complexity index is 673. The lowest BCUT2D eigenvalue weighted by Crippen LogP contribution is -1.98. The van der Waals surface area contributed by atoms with Gasteiger partial charge < -0.3 is 9.47 Å². The molecule has 1 aliphatic heterocycles. The normalized spacial score (nSPS) is 14.4. The summed E-state index contributed by atoms with van der Waals surface area (Å²) in [7, 11) is -3.56. The zero-order valence-electron chi connectivity index (χ0n) is 9.31. The van der Waals surface area contributed by atoms with Crippen LogP contribution in [0.5, 0.6) is 11.5 Å². The van der Waals surface area contributed by atoms with E-state index in [1.807, 2.05) is 0 Å². The molecular weight excluding hydrogens is 278 g/mol. The summed E-state index contributed by atoms with van der Waals surface area (Å²) in [5, 5.41) is 9.11. The predicted molar refractivity (Wildman–Crippen MR) is 66.0 cm³/mol. The molecule has 1 aliphatic rings. The van der Waals surface area contributed by atoms with Crippen LogP contribution in [0.15, 0.2) is 17.0 Å². The van der Waals surface area contributed by atoms with Gasteiger partial charge in [0.1, 0.15) is 11.0 Å². The number of ether oxygens (including phenoxy) is 2. The molecule has 0 spiro atoms. The van der Waals surface area contributed by atoms with Crippen molar-refractivity contribution >= 4 is 27.5 Å². The number of hydrogen-bond acceptors (Lipinski definition) is 5. The lowest BCUT2D eigenvalue weighted by Gasteiger charge is -2.02. The summed E-state index contributed by atoms with van der Waals surface area (Å²) in [6.07, 6.45) is 2.21. The van der Waals surface area contributed by atoms with Crippen molar-refractivity contribution in [3.8, 4) is 17.6 Å². The molecule has 0 saturated heterocycles. The highest BCUT2D eigenvalue weighted by atomic mass is 35.5. The van der Waals surface area contributed by atoms with E-state index in [2.05, 4.69) is 0 Å². The molecule has 0 unspecified atom stereocenters. The van der Waals surface area contributed by atoms with Crippen LogP contribution in [0.1, 0.15) is 5.56 Å². The van der Waals surface area contributed by atoms with E-state index in [-0.39, 0.29) is 11.7 Å². The minimum absolute atomic E-state index is 0.0689. The van der Waals surface area contributed by atoms with E-state index < -0.39 is 9.84 Å². The first-order valence-electron chi connectivity index (χ1n) is 4.83. The van der Waals surface area contributed by atoms with Crippen molar-refractivity contribution in [2.75, 3.05) is 13.0 Å². The number of benzene rings is 1. The third kappa shape index (κ3) is 2.42. The Labute approximate surface area is 109 Å². The average molecular weight is 286 g/mol. The summed E-state index contributed by atoms with van der Waals surface area (Å²) < 4.78 is 32.9. The third-order valence-electron chi connectivity index (χ3n) is 2.26. The largest absolute Gasteiger partial charge is 0.454 e. The molecule has 7 heteroatoms. The molecule has 94 valence electrons. The fourth-order valence-electron chi connectivity index (χ4n) is 1.44. The van der Waals surface area contributed by atoms with Crippen molar-refractivity contribution in [2.45, 2.75) is 0 Å². The minimum atomic E-state index is -3.56. The fraction of sp³-hybridized carbons (Fsp3) is 0.182. The molecule has 0 saturated carbocycles. The molecule has 0 fully saturated rings. The Morgan fingerprint density at radius 2 is 2.22 bits per heavy atom. The monoisotopic (exact) mass is 285 g/mol. The molecule has 5 nitrogen and oxygen atoms in total. The van der Waals surface area contributed by atoms with Crippen LogP contribution in [-0.2, 0) is 9.84 Å². The second-order valence-electron chi connectivity index (χ2n) is 3.63. The summed E-state index contributed by atoms with van der Waals surface area (Å²) in [4.78, 5) is -0.336. The Morgan fingerprint density at radius 1 is 1.50 bits per heavy atom. The maximum atomic E-state index is 11.3. The molecule has 0 atom stereocenters. The van der Waals surface area contributed by atoms with Gasteiger partial charge in [-0.05, 0) is 23.8 Å². The van der Waals surface area contributed by atoms with Crippen LogP contribution in [0.3, 0.4) is 0 Å². The molecule has 0 aromatic heterocycles. The summed E-state index contributed by atoms with van der Waals surface area (Å²) in [6.45, 7) is 0.0689. The molecule has 1 heterocycles. The number of rotatable bonds is 2. The van der Waals surface area contributed by atoms with Crippen LogP contribution in [0.4, 0.5) is 0 Å². The van der Waals surface area contributed by atoms with Crippen molar-refractivity contribution in [2.24, 2.45) is 0 Å². The van der Waals surface area contributed by atoms with E-state index in [0.717, 1.165) is 6.26 Å². The van der Waals surface area contributed by atoms with E-state index in [4.69, 9.17) is 26.3 Å². The number of hydrogen-bond donors (Lipinski definition) is 0. The van der Waals surface area contributed by atoms with Gasteiger partial charge in [0, 0.05) is 6.26 Å². The van der Waals surface area contributed by atoms with Crippen molar-refractivity contribution in [1.29, 1.82) is 5.26 Å². The van der Waals surface area contributed by atoms with Crippen molar-refractivity contribution in [3.63, 3.8) is 0 Å². The Kier molecular flexibility index (Phi) is 3.20. The quantitative estimate of drug-likeness (QED) is 0.777. The van der Waals surface area contributed by atoms with Crippen molar-refractivity contribution in [1.82, 2.24) is 0 Å². The van der Waals surface area contributed by atoms with E-state index in [1.54, 1.807) is 12.1 Å². The van der Waals surface area contributed by atoms with Gasteiger partial charge in [0.25, 0.3) is 0 Å². The minimum Gasteiger partial charge on any atom is -0.454 e. The Morgan fingerprint density at radius 3 is 2.83 bits per heavy atom. The van der Waals surface area contributed by atoms with Gasteiger partial charge in [-0.25, -0.2) is 8.42 Å². The number of nitrogens with zero attached hydrogens (tertiary/aromatic N) is 1. The maximum Gasteiger partial charge on any atom is 0.231 e. The fourth-order valence-corrected chi connectivity index (χ4v) is 2.23. The smallest absolute Gasteiger partial charge is 0.231 e. The summed E-state index contributed by atoms with van der Waals surface area (Å²) >= 11 is 5.95. The molecule has 2 rings (SSSR count). The van der Waals surface area contributed by atoms with Gasteiger partial charge in [-0.1, -0.05) is 11.6 Å². The highest BCUT2D eigenvalue weighted by Gasteiger charge is 2.18. The first-order chi connectivity index (χ1) is 8.41. The molecule has 0 amide bonds. The Balaban J connectivity index is 2.52. The van der Waals surface area contributed by atoms with Gasteiger partial charge in [0.2, 0.25) is 6.79 Å². The molecular formula is C11H8ClNO4S. The lowest BCUT2D eigenvalue weighted by molar-refractivity contribution is 0.174. The van der Waals surface area contributed by atoms with Gasteiger partial charge in [-0.2, -0.15) is 5.26 Å². The van der Waals surface area contributed by atoms with Crippen LogP contribution < -0.4 is 9.47 Å². The van der Waals surface area contributed by atoms with Crippen LogP contribution in [-0.4, -0.2) is 21.5 Å². The van der Waals surface area contributed by atoms with Crippen molar-refractivity contribution < 1.29 is 17.9 Å². The SMILES string of the molecule is CS(=O)(=O)C(C#N)=Cc1cc(Cl)c2c(c1)OCO2.